The molecule has 2 atom stereocenters. The number of hydrogen-bond acceptors (Lipinski definition) is 6. The van der Waals surface area contributed by atoms with Gasteiger partial charge in [0.25, 0.3) is 5.91 Å². The fraction of sp³-hybridized carbons (Fsp3) is 0.500. The molecule has 1 aromatic rings. The Morgan fingerprint density at radius 1 is 1.20 bits per heavy atom. The zero-order valence-electron chi connectivity index (χ0n) is 22.4. The Morgan fingerprint density at radius 2 is 1.93 bits per heavy atom. The highest BCUT2D eigenvalue weighted by molar-refractivity contribution is 6.07. The van der Waals surface area contributed by atoms with Crippen LogP contribution in [-0.4, -0.2) is 67.3 Å². The van der Waals surface area contributed by atoms with Crippen LogP contribution in [0.3, 0.4) is 0 Å². The molecule has 1 saturated heterocycles. The first-order valence-corrected chi connectivity index (χ1v) is 13.3. The number of hydrogen-bond donors (Lipinski definition) is 2. The van der Waals surface area contributed by atoms with Crippen LogP contribution < -0.4 is 15.5 Å². The standard InChI is InChI=1S/C28H33F3N4O5/c1-28(26(38)34(2)17-6-4-3-5-7-17)12-10-22(23(36)11-13-28)33-21-9-8-18(14-20(21)29)35-16-19(40-27(35)39)15-32-25(37)24(30)31/h8-11,13-14,17,19,24,33H,3-7,12,15-16H2,1-2H3,(H,32,37)/t19-,28?/m0/s1. The van der Waals surface area contributed by atoms with E-state index in [-0.39, 0.29) is 48.5 Å². The van der Waals surface area contributed by atoms with Gasteiger partial charge in [0.2, 0.25) is 11.7 Å². The number of nitrogens with zero attached hydrogens (tertiary/aromatic N) is 2. The van der Waals surface area contributed by atoms with Crippen LogP contribution in [0.2, 0.25) is 0 Å². The van der Waals surface area contributed by atoms with Crippen molar-refractivity contribution in [2.75, 3.05) is 30.4 Å². The van der Waals surface area contributed by atoms with E-state index in [1.54, 1.807) is 24.0 Å². The second kappa shape index (κ2) is 12.1. The summed E-state index contributed by atoms with van der Waals surface area (Å²) in [5.41, 5.74) is -0.662. The summed E-state index contributed by atoms with van der Waals surface area (Å²) in [5.74, 6) is -2.70. The van der Waals surface area contributed by atoms with E-state index in [1.807, 2.05) is 12.4 Å². The Labute approximate surface area is 230 Å². The molecule has 9 nitrogen and oxygen atoms in total. The topological polar surface area (TPSA) is 108 Å². The lowest BCUT2D eigenvalue weighted by Gasteiger charge is -2.36. The van der Waals surface area contributed by atoms with Gasteiger partial charge in [-0.15, -0.1) is 0 Å². The number of cyclic esters (lactones) is 1. The lowest BCUT2D eigenvalue weighted by molar-refractivity contribution is -0.140. The van der Waals surface area contributed by atoms with Crippen LogP contribution in [0.15, 0.2) is 42.1 Å². The van der Waals surface area contributed by atoms with Crippen molar-refractivity contribution in [3.63, 3.8) is 0 Å². The van der Waals surface area contributed by atoms with Gasteiger partial charge in [-0.25, -0.2) is 9.18 Å². The van der Waals surface area contributed by atoms with Crippen LogP contribution in [-0.2, 0) is 19.1 Å². The third-order valence-corrected chi connectivity index (χ3v) is 7.64. The third-order valence-electron chi connectivity index (χ3n) is 7.64. The number of alkyl halides is 2. The molecule has 0 bridgehead atoms. The molecule has 3 aliphatic rings. The molecule has 2 N–H and O–H groups in total. The minimum atomic E-state index is -3.19. The quantitative estimate of drug-likeness (QED) is 0.493. The summed E-state index contributed by atoms with van der Waals surface area (Å²) >= 11 is 0. The first-order valence-electron chi connectivity index (χ1n) is 13.3. The number of halogens is 3. The number of carbonyl (C=O) groups excluding carboxylic acids is 4. The number of rotatable bonds is 8. The summed E-state index contributed by atoms with van der Waals surface area (Å²) in [6, 6.07) is 4.05. The van der Waals surface area contributed by atoms with Crippen LogP contribution in [0.25, 0.3) is 0 Å². The van der Waals surface area contributed by atoms with Crippen molar-refractivity contribution in [2.45, 2.75) is 64.0 Å². The average Bonchev–Trinajstić information content (AvgIpc) is 3.25. The molecule has 1 aliphatic heterocycles. The van der Waals surface area contributed by atoms with Gasteiger partial charge in [0.1, 0.15) is 11.9 Å². The molecule has 2 fully saturated rings. The summed E-state index contributed by atoms with van der Waals surface area (Å²) in [5, 5.41) is 4.78. The Bertz CT molecular complexity index is 1230. The van der Waals surface area contributed by atoms with Gasteiger partial charge in [0, 0.05) is 13.1 Å². The number of nitrogens with one attached hydrogen (secondary N) is 2. The number of ketones is 1. The fourth-order valence-electron chi connectivity index (χ4n) is 5.19. The molecule has 0 aromatic heterocycles. The normalized spacial score (nSPS) is 23.5. The zero-order chi connectivity index (χ0) is 29.0. The van der Waals surface area contributed by atoms with Crippen molar-refractivity contribution in [3.8, 4) is 0 Å². The number of ether oxygens (including phenoxy) is 1. The second-order valence-electron chi connectivity index (χ2n) is 10.6. The maximum absolute atomic E-state index is 15.0. The van der Waals surface area contributed by atoms with Crippen molar-refractivity contribution in [3.05, 3.63) is 47.9 Å². The van der Waals surface area contributed by atoms with Crippen LogP contribution in [0.4, 0.5) is 29.3 Å². The SMILES string of the molecule is CN(C(=O)C1(C)C=CC(=O)C(Nc2ccc(N3C[C@H](CNC(=O)C(F)F)OC3=O)cc2F)=CC1)C1CCCCC1. The number of allylic oxidation sites excluding steroid dienone is 2. The van der Waals surface area contributed by atoms with Gasteiger partial charge in [-0.3, -0.25) is 19.3 Å². The Balaban J connectivity index is 1.41. The summed E-state index contributed by atoms with van der Waals surface area (Å²) in [6.07, 6.45) is 5.17. The highest BCUT2D eigenvalue weighted by atomic mass is 19.3. The predicted molar refractivity (Wildman–Crippen MR) is 141 cm³/mol. The van der Waals surface area contributed by atoms with Crippen LogP contribution >= 0.6 is 0 Å². The monoisotopic (exact) mass is 562 g/mol. The van der Waals surface area contributed by atoms with E-state index in [1.165, 1.54) is 24.6 Å². The first-order chi connectivity index (χ1) is 19.0. The fourth-order valence-corrected chi connectivity index (χ4v) is 5.19. The molecule has 216 valence electrons. The highest BCUT2D eigenvalue weighted by Crippen LogP contribution is 2.33. The molecule has 1 unspecified atom stereocenters. The predicted octanol–water partition coefficient (Wildman–Crippen LogP) is 4.15. The molecule has 4 rings (SSSR count). The molecule has 1 heterocycles. The van der Waals surface area contributed by atoms with E-state index in [0.717, 1.165) is 36.6 Å². The van der Waals surface area contributed by atoms with E-state index in [4.69, 9.17) is 4.74 Å². The maximum atomic E-state index is 15.0. The van der Waals surface area contributed by atoms with E-state index >= 15 is 4.39 Å². The van der Waals surface area contributed by atoms with Gasteiger partial charge in [-0.05, 0) is 50.5 Å². The number of carbonyl (C=O) groups is 4. The average molecular weight is 563 g/mol. The van der Waals surface area contributed by atoms with Crippen molar-refractivity contribution in [1.29, 1.82) is 0 Å². The number of benzene rings is 1. The van der Waals surface area contributed by atoms with E-state index in [9.17, 15) is 28.0 Å². The molecular formula is C28H33F3N4O5. The summed E-state index contributed by atoms with van der Waals surface area (Å²) in [4.78, 5) is 52.4. The Hall–Kier alpha value is -3.83. The van der Waals surface area contributed by atoms with Crippen LogP contribution in [0.5, 0.6) is 0 Å². The van der Waals surface area contributed by atoms with E-state index in [2.05, 4.69) is 5.32 Å². The molecule has 0 spiro atoms. The molecule has 0 radical (unpaired) electrons. The van der Waals surface area contributed by atoms with Crippen molar-refractivity contribution in [1.82, 2.24) is 10.2 Å². The molecular weight excluding hydrogens is 529 g/mol. The number of anilines is 2. The minimum Gasteiger partial charge on any atom is -0.442 e. The van der Waals surface area contributed by atoms with Gasteiger partial charge in [-0.1, -0.05) is 31.4 Å². The second-order valence-corrected chi connectivity index (χ2v) is 10.6. The molecule has 1 aromatic carbocycles. The van der Waals surface area contributed by atoms with E-state index in [0.29, 0.717) is 0 Å². The van der Waals surface area contributed by atoms with Crippen molar-refractivity contribution in [2.24, 2.45) is 5.41 Å². The lowest BCUT2D eigenvalue weighted by Crippen LogP contribution is -2.45. The van der Waals surface area contributed by atoms with Crippen LogP contribution in [0.1, 0.15) is 45.4 Å². The van der Waals surface area contributed by atoms with Crippen molar-refractivity contribution < 1.29 is 37.1 Å². The molecule has 12 heteroatoms. The largest absolute Gasteiger partial charge is 0.442 e. The molecule has 1 saturated carbocycles. The van der Waals surface area contributed by atoms with Gasteiger partial charge in [-0.2, -0.15) is 8.78 Å². The Morgan fingerprint density at radius 3 is 2.60 bits per heavy atom. The van der Waals surface area contributed by atoms with Crippen molar-refractivity contribution >= 4 is 35.1 Å². The summed E-state index contributed by atoms with van der Waals surface area (Å²) in [6.45, 7) is 1.40. The van der Waals surface area contributed by atoms with Gasteiger partial charge < -0.3 is 20.3 Å². The Kier molecular flexibility index (Phi) is 8.85. The third kappa shape index (κ3) is 6.48. The maximum Gasteiger partial charge on any atom is 0.414 e. The minimum absolute atomic E-state index is 0.0145. The van der Waals surface area contributed by atoms with Crippen LogP contribution in [0, 0.1) is 11.2 Å². The molecule has 2 aliphatic carbocycles. The van der Waals surface area contributed by atoms with Gasteiger partial charge >= 0.3 is 12.5 Å². The highest BCUT2D eigenvalue weighted by Gasteiger charge is 2.37. The summed E-state index contributed by atoms with van der Waals surface area (Å²) < 4.78 is 44.9. The first kappa shape index (κ1) is 29.2. The van der Waals surface area contributed by atoms with Gasteiger partial charge in [0.15, 0.2) is 0 Å². The van der Waals surface area contributed by atoms with E-state index < -0.39 is 41.5 Å². The lowest BCUT2D eigenvalue weighted by atomic mass is 9.83. The number of amides is 3. The molecule has 3 amide bonds. The smallest absolute Gasteiger partial charge is 0.414 e. The zero-order valence-corrected chi connectivity index (χ0v) is 22.4. The summed E-state index contributed by atoms with van der Waals surface area (Å²) in [7, 11) is 1.81. The molecule has 40 heavy (non-hydrogen) atoms. The van der Waals surface area contributed by atoms with Gasteiger partial charge in [0.05, 0.1) is 35.6 Å².